The van der Waals surface area contributed by atoms with Crippen LogP contribution in [0.5, 0.6) is 0 Å². The Hall–Kier alpha value is -0.130. The highest BCUT2D eigenvalue weighted by atomic mass is 32.2. The smallest absolute Gasteiger partial charge is 0.216 e. The number of unbranched alkanes of at least 4 members (excludes halogenated alkanes) is 6. The number of nitrogens with two attached hydrogens (primary N) is 1. The molecule has 4 nitrogen and oxygen atoms in total. The SMILES string of the molecule is CCCCCCCCCNS(N)(=O)=O. The van der Waals surface area contributed by atoms with E-state index >= 15 is 0 Å². The fourth-order valence-corrected chi connectivity index (χ4v) is 1.73. The van der Waals surface area contributed by atoms with Gasteiger partial charge < -0.3 is 0 Å². The molecule has 0 aliphatic carbocycles. The molecule has 0 saturated carbocycles. The van der Waals surface area contributed by atoms with E-state index in [1.54, 1.807) is 0 Å². The minimum Gasteiger partial charge on any atom is -0.216 e. The molecule has 0 fully saturated rings. The summed E-state index contributed by atoms with van der Waals surface area (Å²) in [5.41, 5.74) is 0. The number of hydrogen-bond donors (Lipinski definition) is 2. The topological polar surface area (TPSA) is 72.2 Å². The highest BCUT2D eigenvalue weighted by Crippen LogP contribution is 2.06. The van der Waals surface area contributed by atoms with Gasteiger partial charge in [-0.3, -0.25) is 0 Å². The van der Waals surface area contributed by atoms with Crippen LogP contribution < -0.4 is 9.86 Å². The Kier molecular flexibility index (Phi) is 8.12. The van der Waals surface area contributed by atoms with Crippen LogP contribution in [0.15, 0.2) is 0 Å². The number of nitrogens with one attached hydrogen (secondary N) is 1. The first kappa shape index (κ1) is 13.9. The highest BCUT2D eigenvalue weighted by Gasteiger charge is 1.98. The fraction of sp³-hybridized carbons (Fsp3) is 1.00. The van der Waals surface area contributed by atoms with E-state index in [1.807, 2.05) is 0 Å². The largest absolute Gasteiger partial charge is 0.274 e. The van der Waals surface area contributed by atoms with Gasteiger partial charge in [0.1, 0.15) is 0 Å². The molecule has 0 bridgehead atoms. The molecule has 86 valence electrons. The third-order valence-corrected chi connectivity index (χ3v) is 2.69. The zero-order chi connectivity index (χ0) is 10.9. The molecule has 5 heteroatoms. The van der Waals surface area contributed by atoms with Crippen molar-refractivity contribution in [2.45, 2.75) is 51.9 Å². The predicted octanol–water partition coefficient (Wildman–Crippen LogP) is 1.53. The predicted molar refractivity (Wildman–Crippen MR) is 59.1 cm³/mol. The van der Waals surface area contributed by atoms with Crippen LogP contribution in [0.3, 0.4) is 0 Å². The average molecular weight is 222 g/mol. The van der Waals surface area contributed by atoms with Crippen molar-refractivity contribution in [1.82, 2.24) is 4.72 Å². The van der Waals surface area contributed by atoms with Crippen molar-refractivity contribution in [3.63, 3.8) is 0 Å². The van der Waals surface area contributed by atoms with E-state index in [-0.39, 0.29) is 0 Å². The lowest BCUT2D eigenvalue weighted by atomic mass is 10.1. The summed E-state index contributed by atoms with van der Waals surface area (Å²) in [5, 5.41) is 4.78. The molecule has 0 aromatic rings. The Morgan fingerprint density at radius 3 is 2.00 bits per heavy atom. The molecule has 0 aromatic carbocycles. The van der Waals surface area contributed by atoms with E-state index in [4.69, 9.17) is 5.14 Å². The van der Waals surface area contributed by atoms with Crippen LogP contribution in [0.25, 0.3) is 0 Å². The van der Waals surface area contributed by atoms with Gasteiger partial charge >= 0.3 is 0 Å². The van der Waals surface area contributed by atoms with E-state index in [2.05, 4.69) is 11.6 Å². The first-order chi connectivity index (χ1) is 6.56. The van der Waals surface area contributed by atoms with Crippen molar-refractivity contribution in [2.24, 2.45) is 5.14 Å². The van der Waals surface area contributed by atoms with Crippen molar-refractivity contribution in [3.05, 3.63) is 0 Å². The second kappa shape index (κ2) is 8.20. The molecule has 0 aliphatic heterocycles. The second-order valence-corrected chi connectivity index (χ2v) is 4.94. The Morgan fingerprint density at radius 1 is 1.00 bits per heavy atom. The summed E-state index contributed by atoms with van der Waals surface area (Å²) in [6, 6.07) is 0. The summed E-state index contributed by atoms with van der Waals surface area (Å²) in [6.45, 7) is 2.66. The van der Waals surface area contributed by atoms with Crippen LogP contribution in [0, 0.1) is 0 Å². The minimum atomic E-state index is -3.48. The summed E-state index contributed by atoms with van der Waals surface area (Å²) >= 11 is 0. The minimum absolute atomic E-state index is 0.465. The molecule has 14 heavy (non-hydrogen) atoms. The van der Waals surface area contributed by atoms with Crippen molar-refractivity contribution in [3.8, 4) is 0 Å². The van der Waals surface area contributed by atoms with Gasteiger partial charge in [-0.2, -0.15) is 8.42 Å². The van der Waals surface area contributed by atoms with Crippen LogP contribution in [-0.4, -0.2) is 15.0 Å². The van der Waals surface area contributed by atoms with Crippen LogP contribution in [-0.2, 0) is 10.2 Å². The third-order valence-electron chi connectivity index (χ3n) is 2.08. The zero-order valence-electron chi connectivity index (χ0n) is 8.96. The van der Waals surface area contributed by atoms with E-state index in [1.165, 1.54) is 32.1 Å². The fourth-order valence-electron chi connectivity index (χ4n) is 1.30. The molecule has 3 N–H and O–H groups in total. The Morgan fingerprint density at radius 2 is 1.50 bits per heavy atom. The summed E-state index contributed by atoms with van der Waals surface area (Å²) < 4.78 is 23.2. The molecule has 0 radical (unpaired) electrons. The first-order valence-electron chi connectivity index (χ1n) is 5.33. The van der Waals surface area contributed by atoms with Crippen LogP contribution >= 0.6 is 0 Å². The molecule has 0 heterocycles. The second-order valence-electron chi connectivity index (χ2n) is 3.56. The number of rotatable bonds is 9. The van der Waals surface area contributed by atoms with E-state index in [0.717, 1.165) is 12.8 Å². The van der Waals surface area contributed by atoms with Gasteiger partial charge in [-0.05, 0) is 6.42 Å². The van der Waals surface area contributed by atoms with Crippen molar-refractivity contribution in [2.75, 3.05) is 6.54 Å². The van der Waals surface area contributed by atoms with Gasteiger partial charge in [0.05, 0.1) is 0 Å². The first-order valence-corrected chi connectivity index (χ1v) is 6.88. The van der Waals surface area contributed by atoms with Gasteiger partial charge in [-0.15, -0.1) is 0 Å². The molecule has 0 amide bonds. The highest BCUT2D eigenvalue weighted by molar-refractivity contribution is 7.87. The maximum absolute atomic E-state index is 10.5. The Balaban J connectivity index is 3.07. The van der Waals surface area contributed by atoms with Gasteiger partial charge in [-0.25, -0.2) is 9.86 Å². The van der Waals surface area contributed by atoms with Crippen LogP contribution in [0.1, 0.15) is 51.9 Å². The summed E-state index contributed by atoms with van der Waals surface area (Å²) in [4.78, 5) is 0. The van der Waals surface area contributed by atoms with Gasteiger partial charge in [0.25, 0.3) is 10.2 Å². The quantitative estimate of drug-likeness (QED) is 0.581. The van der Waals surface area contributed by atoms with Crippen LogP contribution in [0.4, 0.5) is 0 Å². The third kappa shape index (κ3) is 11.9. The maximum atomic E-state index is 10.5. The Labute approximate surface area is 87.4 Å². The molecular formula is C9H22N2O2S. The summed E-state index contributed by atoms with van der Waals surface area (Å²) in [7, 11) is -3.48. The average Bonchev–Trinajstić information content (AvgIpc) is 2.08. The molecular weight excluding hydrogens is 200 g/mol. The Bertz CT molecular complexity index is 215. The molecule has 0 aromatic heterocycles. The standard InChI is InChI=1S/C9H22N2O2S/c1-2-3-4-5-6-7-8-9-11-14(10,12)13/h11H,2-9H2,1H3,(H2,10,12,13). The molecule has 0 atom stereocenters. The van der Waals surface area contributed by atoms with Gasteiger partial charge in [0.15, 0.2) is 0 Å². The lowest BCUT2D eigenvalue weighted by molar-refractivity contribution is 0.564. The van der Waals surface area contributed by atoms with E-state index in [9.17, 15) is 8.42 Å². The van der Waals surface area contributed by atoms with Crippen molar-refractivity contribution < 1.29 is 8.42 Å². The lowest BCUT2D eigenvalue weighted by Gasteiger charge is -2.02. The number of hydrogen-bond acceptors (Lipinski definition) is 2. The molecule has 0 aliphatic rings. The molecule has 0 unspecified atom stereocenters. The van der Waals surface area contributed by atoms with E-state index in [0.29, 0.717) is 6.54 Å². The molecule has 0 spiro atoms. The van der Waals surface area contributed by atoms with Crippen molar-refractivity contribution >= 4 is 10.2 Å². The normalized spacial score (nSPS) is 11.9. The van der Waals surface area contributed by atoms with Crippen molar-refractivity contribution in [1.29, 1.82) is 0 Å². The summed E-state index contributed by atoms with van der Waals surface area (Å²) in [5.74, 6) is 0. The van der Waals surface area contributed by atoms with Gasteiger partial charge in [0, 0.05) is 6.54 Å². The van der Waals surface area contributed by atoms with Crippen LogP contribution in [0.2, 0.25) is 0 Å². The lowest BCUT2D eigenvalue weighted by Crippen LogP contribution is -2.31. The van der Waals surface area contributed by atoms with E-state index < -0.39 is 10.2 Å². The molecule has 0 rings (SSSR count). The van der Waals surface area contributed by atoms with Gasteiger partial charge in [-0.1, -0.05) is 45.4 Å². The summed E-state index contributed by atoms with van der Waals surface area (Å²) in [6.07, 6.45) is 8.24. The maximum Gasteiger partial charge on any atom is 0.274 e. The molecule has 0 saturated heterocycles. The zero-order valence-corrected chi connectivity index (χ0v) is 9.78. The monoisotopic (exact) mass is 222 g/mol. The van der Waals surface area contributed by atoms with Gasteiger partial charge in [0.2, 0.25) is 0 Å².